The minimum atomic E-state index is -0.174. The van der Waals surface area contributed by atoms with E-state index in [4.69, 9.17) is 4.74 Å². The molecule has 0 aliphatic carbocycles. The topological polar surface area (TPSA) is 32.8 Å². The van der Waals surface area contributed by atoms with Gasteiger partial charge in [-0.3, -0.25) is 9.69 Å². The minimum absolute atomic E-state index is 0.0134. The van der Waals surface area contributed by atoms with E-state index in [2.05, 4.69) is 4.90 Å². The number of nitrogens with zero attached hydrogens (tertiary/aromatic N) is 2. The zero-order chi connectivity index (χ0) is 16.9. The van der Waals surface area contributed by atoms with Gasteiger partial charge in [0.1, 0.15) is 11.6 Å². The highest BCUT2D eigenvalue weighted by Crippen LogP contribution is 2.17. The zero-order valence-electron chi connectivity index (χ0n) is 13.7. The summed E-state index contributed by atoms with van der Waals surface area (Å²) in [4.78, 5) is 16.6. The Morgan fingerprint density at radius 2 is 1.83 bits per heavy atom. The van der Waals surface area contributed by atoms with Crippen LogP contribution in [-0.2, 0) is 6.54 Å². The van der Waals surface area contributed by atoms with Crippen molar-refractivity contribution >= 4 is 5.91 Å². The number of hydrogen-bond acceptors (Lipinski definition) is 3. The van der Waals surface area contributed by atoms with Gasteiger partial charge in [0, 0.05) is 43.9 Å². The Kier molecular flexibility index (Phi) is 5.11. The Morgan fingerprint density at radius 1 is 1.08 bits per heavy atom. The third kappa shape index (κ3) is 3.74. The maximum Gasteiger partial charge on any atom is 0.254 e. The van der Waals surface area contributed by atoms with Crippen LogP contribution in [0, 0.1) is 5.82 Å². The lowest BCUT2D eigenvalue weighted by Gasteiger charge is -2.34. The number of amides is 1. The van der Waals surface area contributed by atoms with Crippen LogP contribution in [-0.4, -0.2) is 49.0 Å². The highest BCUT2D eigenvalue weighted by atomic mass is 19.1. The van der Waals surface area contributed by atoms with Crippen LogP contribution in [0.3, 0.4) is 0 Å². The molecule has 2 aromatic rings. The fourth-order valence-electron chi connectivity index (χ4n) is 2.92. The predicted molar refractivity (Wildman–Crippen MR) is 90.6 cm³/mol. The first-order valence-corrected chi connectivity index (χ1v) is 8.06. The van der Waals surface area contributed by atoms with Gasteiger partial charge in [0.2, 0.25) is 0 Å². The van der Waals surface area contributed by atoms with Crippen molar-refractivity contribution in [3.05, 3.63) is 65.5 Å². The van der Waals surface area contributed by atoms with Gasteiger partial charge in [-0.1, -0.05) is 24.3 Å². The molecular formula is C19H21FN2O2. The van der Waals surface area contributed by atoms with E-state index in [0.717, 1.165) is 13.1 Å². The Balaban J connectivity index is 1.58. The van der Waals surface area contributed by atoms with Crippen molar-refractivity contribution in [2.75, 3.05) is 33.3 Å². The molecule has 0 spiro atoms. The van der Waals surface area contributed by atoms with Gasteiger partial charge in [-0.2, -0.15) is 0 Å². The molecule has 4 nitrogen and oxygen atoms in total. The van der Waals surface area contributed by atoms with Crippen LogP contribution in [0.4, 0.5) is 4.39 Å². The lowest BCUT2D eigenvalue weighted by atomic mass is 10.1. The second kappa shape index (κ2) is 7.45. The van der Waals surface area contributed by atoms with Crippen molar-refractivity contribution in [3.63, 3.8) is 0 Å². The fourth-order valence-corrected chi connectivity index (χ4v) is 2.92. The van der Waals surface area contributed by atoms with Gasteiger partial charge >= 0.3 is 0 Å². The molecule has 0 unspecified atom stereocenters. The maximum absolute atomic E-state index is 13.7. The van der Waals surface area contributed by atoms with Crippen LogP contribution in [0.15, 0.2) is 48.5 Å². The zero-order valence-corrected chi connectivity index (χ0v) is 13.7. The van der Waals surface area contributed by atoms with Gasteiger partial charge in [0.15, 0.2) is 0 Å². The lowest BCUT2D eigenvalue weighted by molar-refractivity contribution is 0.0626. The molecule has 0 bridgehead atoms. The second-order valence-electron chi connectivity index (χ2n) is 5.89. The van der Waals surface area contributed by atoms with E-state index in [0.29, 0.717) is 36.5 Å². The Morgan fingerprint density at radius 3 is 2.54 bits per heavy atom. The number of carbonyl (C=O) groups is 1. The number of benzene rings is 2. The number of ether oxygens (including phenoxy) is 1. The summed E-state index contributed by atoms with van der Waals surface area (Å²) in [7, 11) is 1.59. The monoisotopic (exact) mass is 328 g/mol. The Labute approximate surface area is 141 Å². The quantitative estimate of drug-likeness (QED) is 0.865. The molecule has 5 heteroatoms. The summed E-state index contributed by atoms with van der Waals surface area (Å²) in [5.41, 5.74) is 1.34. The summed E-state index contributed by atoms with van der Waals surface area (Å²) in [6, 6.07) is 14.0. The van der Waals surface area contributed by atoms with E-state index < -0.39 is 0 Å². The van der Waals surface area contributed by atoms with Crippen molar-refractivity contribution in [2.45, 2.75) is 6.54 Å². The van der Waals surface area contributed by atoms with Crippen LogP contribution >= 0.6 is 0 Å². The molecule has 1 heterocycles. The summed E-state index contributed by atoms with van der Waals surface area (Å²) in [5, 5.41) is 0. The molecule has 1 aliphatic rings. The third-order valence-corrected chi connectivity index (χ3v) is 4.33. The van der Waals surface area contributed by atoms with Crippen LogP contribution in [0.25, 0.3) is 0 Å². The van der Waals surface area contributed by atoms with Crippen molar-refractivity contribution in [3.8, 4) is 5.75 Å². The molecule has 1 fully saturated rings. The van der Waals surface area contributed by atoms with E-state index >= 15 is 0 Å². The maximum atomic E-state index is 13.7. The normalized spacial score (nSPS) is 15.3. The average molecular weight is 328 g/mol. The predicted octanol–water partition coefficient (Wildman–Crippen LogP) is 2.79. The van der Waals surface area contributed by atoms with Crippen molar-refractivity contribution in [2.24, 2.45) is 0 Å². The molecule has 126 valence electrons. The second-order valence-corrected chi connectivity index (χ2v) is 5.89. The number of rotatable bonds is 4. The first-order valence-electron chi connectivity index (χ1n) is 8.06. The number of piperazine rings is 1. The van der Waals surface area contributed by atoms with Crippen molar-refractivity contribution in [1.82, 2.24) is 9.80 Å². The van der Waals surface area contributed by atoms with Gasteiger partial charge in [-0.25, -0.2) is 4.39 Å². The fraction of sp³-hybridized carbons (Fsp3) is 0.316. The van der Waals surface area contributed by atoms with E-state index in [1.54, 1.807) is 25.3 Å². The number of carbonyl (C=O) groups excluding carboxylic acids is 1. The Bertz CT molecular complexity index is 712. The SMILES string of the molecule is COc1cccc(C(=O)N2CCN(Cc3ccccc3F)CC2)c1. The van der Waals surface area contributed by atoms with Crippen molar-refractivity contribution in [1.29, 1.82) is 0 Å². The summed E-state index contributed by atoms with van der Waals surface area (Å²) in [5.74, 6) is 0.519. The molecule has 1 amide bonds. The molecule has 0 N–H and O–H groups in total. The third-order valence-electron chi connectivity index (χ3n) is 4.33. The minimum Gasteiger partial charge on any atom is -0.497 e. The van der Waals surface area contributed by atoms with Gasteiger partial charge in [0.25, 0.3) is 5.91 Å². The number of hydrogen-bond donors (Lipinski definition) is 0. The highest BCUT2D eigenvalue weighted by molar-refractivity contribution is 5.94. The van der Waals surface area contributed by atoms with E-state index in [1.165, 1.54) is 6.07 Å². The van der Waals surface area contributed by atoms with Crippen LogP contribution in [0.1, 0.15) is 15.9 Å². The molecular weight excluding hydrogens is 307 g/mol. The molecule has 0 atom stereocenters. The smallest absolute Gasteiger partial charge is 0.254 e. The highest BCUT2D eigenvalue weighted by Gasteiger charge is 2.22. The molecule has 0 aromatic heterocycles. The molecule has 2 aromatic carbocycles. The molecule has 3 rings (SSSR count). The van der Waals surface area contributed by atoms with Gasteiger partial charge in [-0.15, -0.1) is 0 Å². The number of methoxy groups -OCH3 is 1. The van der Waals surface area contributed by atoms with Gasteiger partial charge in [-0.05, 0) is 24.3 Å². The molecule has 0 saturated carbocycles. The summed E-state index contributed by atoms with van der Waals surface area (Å²) in [6.07, 6.45) is 0. The van der Waals surface area contributed by atoms with Crippen LogP contribution in [0.5, 0.6) is 5.75 Å². The van der Waals surface area contributed by atoms with E-state index in [-0.39, 0.29) is 11.7 Å². The first kappa shape index (κ1) is 16.5. The van der Waals surface area contributed by atoms with E-state index in [9.17, 15) is 9.18 Å². The lowest BCUT2D eigenvalue weighted by Crippen LogP contribution is -2.48. The standard InChI is InChI=1S/C19H21FN2O2/c1-24-17-7-4-6-15(13-17)19(23)22-11-9-21(10-12-22)14-16-5-2-3-8-18(16)20/h2-8,13H,9-12,14H2,1H3. The van der Waals surface area contributed by atoms with Crippen molar-refractivity contribution < 1.29 is 13.9 Å². The number of halogens is 1. The summed E-state index contributed by atoms with van der Waals surface area (Å²) in [6.45, 7) is 3.34. The Hall–Kier alpha value is -2.40. The molecule has 24 heavy (non-hydrogen) atoms. The van der Waals surface area contributed by atoms with Crippen LogP contribution in [0.2, 0.25) is 0 Å². The average Bonchev–Trinajstić information content (AvgIpc) is 2.64. The largest absolute Gasteiger partial charge is 0.497 e. The van der Waals surface area contributed by atoms with Gasteiger partial charge in [0.05, 0.1) is 7.11 Å². The molecule has 0 radical (unpaired) electrons. The first-order chi connectivity index (χ1) is 11.7. The molecule has 1 aliphatic heterocycles. The van der Waals surface area contributed by atoms with E-state index in [1.807, 2.05) is 29.2 Å². The summed E-state index contributed by atoms with van der Waals surface area (Å²) < 4.78 is 18.9. The summed E-state index contributed by atoms with van der Waals surface area (Å²) >= 11 is 0. The van der Waals surface area contributed by atoms with Gasteiger partial charge < -0.3 is 9.64 Å². The van der Waals surface area contributed by atoms with Crippen LogP contribution < -0.4 is 4.74 Å². The molecule has 1 saturated heterocycles.